The minimum absolute atomic E-state index is 0.0263. The van der Waals surface area contributed by atoms with Crippen LogP contribution in [-0.2, 0) is 4.79 Å². The van der Waals surface area contributed by atoms with E-state index in [-0.39, 0.29) is 11.9 Å². The number of nitrogens with zero attached hydrogens (tertiary/aromatic N) is 1. The first-order valence-corrected chi connectivity index (χ1v) is 5.03. The van der Waals surface area contributed by atoms with Gasteiger partial charge in [0.1, 0.15) is 0 Å². The molecule has 0 fully saturated rings. The van der Waals surface area contributed by atoms with Crippen molar-refractivity contribution in [3.8, 4) is 0 Å². The maximum absolute atomic E-state index is 11.4. The van der Waals surface area contributed by atoms with Crippen molar-refractivity contribution in [3.05, 3.63) is 0 Å². The summed E-state index contributed by atoms with van der Waals surface area (Å²) in [5.41, 5.74) is 0. The van der Waals surface area contributed by atoms with Gasteiger partial charge in [0.25, 0.3) is 0 Å². The standard InChI is InChI=1S/C10H22N2O/c1-5-6-7-8-11-10(13)9(2)12(3)4/h9H,5-8H2,1-4H3,(H,11,13). The Kier molecular flexibility index (Phi) is 6.59. The summed E-state index contributed by atoms with van der Waals surface area (Å²) in [6, 6.07) is -0.0263. The van der Waals surface area contributed by atoms with Crippen LogP contribution in [0.2, 0.25) is 0 Å². The molecule has 0 aliphatic heterocycles. The summed E-state index contributed by atoms with van der Waals surface area (Å²) >= 11 is 0. The molecule has 0 rings (SSSR count). The van der Waals surface area contributed by atoms with Gasteiger partial charge >= 0.3 is 0 Å². The molecule has 78 valence electrons. The van der Waals surface area contributed by atoms with Crippen molar-refractivity contribution in [2.24, 2.45) is 0 Å². The molecule has 3 heteroatoms. The summed E-state index contributed by atoms with van der Waals surface area (Å²) in [4.78, 5) is 13.3. The van der Waals surface area contributed by atoms with Gasteiger partial charge in [0.2, 0.25) is 5.91 Å². The third kappa shape index (κ3) is 5.64. The Morgan fingerprint density at radius 2 is 2.00 bits per heavy atom. The van der Waals surface area contributed by atoms with Crippen molar-refractivity contribution in [1.82, 2.24) is 10.2 Å². The van der Waals surface area contributed by atoms with E-state index in [1.807, 2.05) is 25.9 Å². The maximum Gasteiger partial charge on any atom is 0.237 e. The SMILES string of the molecule is CCCCCNC(=O)C(C)N(C)C. The lowest BCUT2D eigenvalue weighted by Gasteiger charge is -2.18. The molecule has 0 aromatic heterocycles. The van der Waals surface area contributed by atoms with Crippen LogP contribution in [0.3, 0.4) is 0 Å². The second kappa shape index (κ2) is 6.89. The average Bonchev–Trinajstić information content (AvgIpc) is 2.10. The van der Waals surface area contributed by atoms with Crippen LogP contribution >= 0.6 is 0 Å². The number of hydrogen-bond donors (Lipinski definition) is 1. The lowest BCUT2D eigenvalue weighted by Crippen LogP contribution is -2.41. The second-order valence-electron chi connectivity index (χ2n) is 3.64. The lowest BCUT2D eigenvalue weighted by atomic mass is 10.2. The van der Waals surface area contributed by atoms with Crippen LogP contribution in [0.4, 0.5) is 0 Å². The van der Waals surface area contributed by atoms with Crippen LogP contribution in [0.1, 0.15) is 33.1 Å². The first-order chi connectivity index (χ1) is 6.09. The van der Waals surface area contributed by atoms with E-state index >= 15 is 0 Å². The monoisotopic (exact) mass is 186 g/mol. The van der Waals surface area contributed by atoms with E-state index in [0.717, 1.165) is 13.0 Å². The minimum Gasteiger partial charge on any atom is -0.355 e. The molecule has 13 heavy (non-hydrogen) atoms. The van der Waals surface area contributed by atoms with Gasteiger partial charge in [-0.1, -0.05) is 19.8 Å². The molecule has 0 bridgehead atoms. The Bertz CT molecular complexity index is 146. The molecule has 0 aromatic rings. The van der Waals surface area contributed by atoms with E-state index in [4.69, 9.17) is 0 Å². The van der Waals surface area contributed by atoms with Gasteiger partial charge in [-0.3, -0.25) is 9.69 Å². The summed E-state index contributed by atoms with van der Waals surface area (Å²) < 4.78 is 0. The Hall–Kier alpha value is -0.570. The van der Waals surface area contributed by atoms with Crippen molar-refractivity contribution in [3.63, 3.8) is 0 Å². The molecule has 1 amide bonds. The van der Waals surface area contributed by atoms with Crippen LogP contribution in [0.5, 0.6) is 0 Å². The van der Waals surface area contributed by atoms with Gasteiger partial charge in [0.05, 0.1) is 6.04 Å². The van der Waals surface area contributed by atoms with Gasteiger partial charge in [-0.25, -0.2) is 0 Å². The maximum atomic E-state index is 11.4. The summed E-state index contributed by atoms with van der Waals surface area (Å²) in [5, 5.41) is 2.92. The minimum atomic E-state index is -0.0263. The fraction of sp³-hybridized carbons (Fsp3) is 0.900. The molecular formula is C10H22N2O. The molecule has 0 radical (unpaired) electrons. The Morgan fingerprint density at radius 3 is 2.46 bits per heavy atom. The molecule has 0 aliphatic rings. The number of unbranched alkanes of at least 4 members (excludes halogenated alkanes) is 2. The van der Waals surface area contributed by atoms with Gasteiger partial charge in [0, 0.05) is 6.54 Å². The lowest BCUT2D eigenvalue weighted by molar-refractivity contribution is -0.124. The topological polar surface area (TPSA) is 32.3 Å². The van der Waals surface area contributed by atoms with Gasteiger partial charge in [-0.15, -0.1) is 0 Å². The van der Waals surface area contributed by atoms with Gasteiger partial charge < -0.3 is 5.32 Å². The number of hydrogen-bond acceptors (Lipinski definition) is 2. The Balaban J connectivity index is 3.50. The average molecular weight is 186 g/mol. The highest BCUT2D eigenvalue weighted by Crippen LogP contribution is 1.94. The molecule has 1 atom stereocenters. The van der Waals surface area contributed by atoms with Gasteiger partial charge in [-0.05, 0) is 27.4 Å². The molecule has 0 heterocycles. The summed E-state index contributed by atoms with van der Waals surface area (Å²) in [6.45, 7) is 4.88. The van der Waals surface area contributed by atoms with Gasteiger partial charge in [0.15, 0.2) is 0 Å². The largest absolute Gasteiger partial charge is 0.355 e. The fourth-order valence-electron chi connectivity index (χ4n) is 0.969. The van der Waals surface area contributed by atoms with Crippen LogP contribution in [0, 0.1) is 0 Å². The number of likely N-dealkylation sites (N-methyl/N-ethyl adjacent to an activating group) is 1. The van der Waals surface area contributed by atoms with Crippen molar-refractivity contribution in [2.45, 2.75) is 39.2 Å². The molecule has 0 spiro atoms. The van der Waals surface area contributed by atoms with Crippen molar-refractivity contribution in [2.75, 3.05) is 20.6 Å². The highest BCUT2D eigenvalue weighted by molar-refractivity contribution is 5.81. The third-order valence-corrected chi connectivity index (χ3v) is 2.23. The number of carbonyl (C=O) groups is 1. The molecule has 0 saturated carbocycles. The van der Waals surface area contributed by atoms with Gasteiger partial charge in [-0.2, -0.15) is 0 Å². The number of nitrogens with one attached hydrogen (secondary N) is 1. The molecule has 1 unspecified atom stereocenters. The zero-order valence-electron chi connectivity index (χ0n) is 9.26. The highest BCUT2D eigenvalue weighted by atomic mass is 16.2. The van der Waals surface area contributed by atoms with Crippen LogP contribution < -0.4 is 5.32 Å². The molecule has 0 saturated heterocycles. The molecular weight excluding hydrogens is 164 g/mol. The van der Waals surface area contributed by atoms with E-state index in [2.05, 4.69) is 12.2 Å². The summed E-state index contributed by atoms with van der Waals surface area (Å²) in [5.74, 6) is 0.126. The van der Waals surface area contributed by atoms with Crippen LogP contribution in [-0.4, -0.2) is 37.5 Å². The second-order valence-corrected chi connectivity index (χ2v) is 3.64. The Morgan fingerprint density at radius 1 is 1.38 bits per heavy atom. The zero-order chi connectivity index (χ0) is 10.3. The number of amides is 1. The van der Waals surface area contributed by atoms with Crippen molar-refractivity contribution >= 4 is 5.91 Å². The Labute approximate surface area is 81.5 Å². The van der Waals surface area contributed by atoms with E-state index < -0.39 is 0 Å². The van der Waals surface area contributed by atoms with Crippen LogP contribution in [0.25, 0.3) is 0 Å². The smallest absolute Gasteiger partial charge is 0.237 e. The quantitative estimate of drug-likeness (QED) is 0.633. The molecule has 3 nitrogen and oxygen atoms in total. The van der Waals surface area contributed by atoms with Crippen molar-refractivity contribution in [1.29, 1.82) is 0 Å². The fourth-order valence-corrected chi connectivity index (χ4v) is 0.969. The van der Waals surface area contributed by atoms with E-state index in [1.54, 1.807) is 0 Å². The molecule has 1 N–H and O–H groups in total. The predicted octanol–water partition coefficient (Wildman–Crippen LogP) is 1.24. The molecule has 0 aromatic carbocycles. The number of rotatable bonds is 6. The first kappa shape index (κ1) is 12.4. The van der Waals surface area contributed by atoms with Crippen LogP contribution in [0.15, 0.2) is 0 Å². The summed E-state index contributed by atoms with van der Waals surface area (Å²) in [6.07, 6.45) is 3.47. The van der Waals surface area contributed by atoms with E-state index in [0.29, 0.717) is 0 Å². The van der Waals surface area contributed by atoms with Crippen molar-refractivity contribution < 1.29 is 4.79 Å². The predicted molar refractivity (Wildman–Crippen MR) is 55.7 cm³/mol. The number of carbonyl (C=O) groups excluding carboxylic acids is 1. The highest BCUT2D eigenvalue weighted by Gasteiger charge is 2.13. The first-order valence-electron chi connectivity index (χ1n) is 5.03. The van der Waals surface area contributed by atoms with E-state index in [1.165, 1.54) is 12.8 Å². The summed E-state index contributed by atoms with van der Waals surface area (Å²) in [7, 11) is 3.83. The zero-order valence-corrected chi connectivity index (χ0v) is 9.26. The normalized spacial score (nSPS) is 13.0. The van der Waals surface area contributed by atoms with E-state index in [9.17, 15) is 4.79 Å². The third-order valence-electron chi connectivity index (χ3n) is 2.23. The molecule has 0 aliphatic carbocycles.